The Balaban J connectivity index is 4.67. The number of rotatable bonds is 62. The van der Waals surface area contributed by atoms with Gasteiger partial charge in [0.2, 0.25) is 0 Å². The van der Waals surface area contributed by atoms with Gasteiger partial charge in [-0.1, -0.05) is 269 Å². The summed E-state index contributed by atoms with van der Waals surface area (Å²) < 4.78 is 39.7. The zero-order valence-corrected chi connectivity index (χ0v) is 51.8. The van der Waals surface area contributed by atoms with Crippen molar-refractivity contribution in [2.75, 3.05) is 26.4 Å². The molecule has 0 aliphatic carbocycles. The first-order chi connectivity index (χ1) is 38.2. The van der Waals surface area contributed by atoms with Gasteiger partial charge in [-0.3, -0.25) is 23.4 Å². The predicted octanol–water partition coefficient (Wildman–Crippen LogP) is 19.9. The van der Waals surface area contributed by atoms with Crippen LogP contribution in [-0.2, 0) is 42.2 Å². The third-order valence-corrected chi connectivity index (χ3v) is 15.5. The molecule has 0 aliphatic heterocycles. The Morgan fingerprint density at radius 3 is 1.00 bits per heavy atom. The minimum Gasteiger partial charge on any atom is -0.462 e. The Hall–Kier alpha value is -2.30. The third-order valence-electron chi connectivity index (χ3n) is 14.5. The Labute approximate surface area is 480 Å². The summed E-state index contributed by atoms with van der Waals surface area (Å²) in [7, 11) is -4.75. The zero-order chi connectivity index (χ0) is 56.9. The molecular formula is C66H123O11P. The standard InChI is InChI=1S/C66H123O11P/c1-4-7-10-13-16-19-22-25-27-29-31-33-35-38-40-43-46-49-52-55-64(68)73-59-63(77-66(70)57-54-51-48-45-42-39-36-34-32-30-28-26-23-20-17-14-11-8-5-2)61-75-78(71,72)74-60-62(58-67)76-65(69)56-53-50-47-44-41-37-24-21-18-15-12-9-6-3/h16,19,21,24-25,27,62-63,67H,4-15,17-18,20,22-23,26,28-61H2,1-3H3,(H,71,72)/b19-16-,24-21-,27-25-. The second-order valence-electron chi connectivity index (χ2n) is 22.3. The van der Waals surface area contributed by atoms with E-state index in [1.165, 1.54) is 180 Å². The van der Waals surface area contributed by atoms with Crippen LogP contribution in [0.2, 0.25) is 0 Å². The first kappa shape index (κ1) is 75.7. The highest BCUT2D eigenvalue weighted by Gasteiger charge is 2.28. The third kappa shape index (κ3) is 58.4. The summed E-state index contributed by atoms with van der Waals surface area (Å²) in [6.07, 6.45) is 65.2. The lowest BCUT2D eigenvalue weighted by atomic mass is 10.0. The minimum atomic E-state index is -4.75. The van der Waals surface area contributed by atoms with Crippen LogP contribution >= 0.6 is 7.82 Å². The summed E-state index contributed by atoms with van der Waals surface area (Å²) in [4.78, 5) is 48.7. The number of phosphoric acid groups is 1. The van der Waals surface area contributed by atoms with Gasteiger partial charge in [0.05, 0.1) is 19.8 Å². The van der Waals surface area contributed by atoms with Gasteiger partial charge < -0.3 is 24.2 Å². The maximum Gasteiger partial charge on any atom is 0.472 e. The number of ether oxygens (including phenoxy) is 3. The Morgan fingerprint density at radius 1 is 0.359 bits per heavy atom. The van der Waals surface area contributed by atoms with E-state index in [9.17, 15) is 28.9 Å². The fourth-order valence-electron chi connectivity index (χ4n) is 9.50. The van der Waals surface area contributed by atoms with E-state index in [1.807, 2.05) is 0 Å². The highest BCUT2D eigenvalue weighted by molar-refractivity contribution is 7.47. The highest BCUT2D eigenvalue weighted by Crippen LogP contribution is 2.43. The molecule has 0 bridgehead atoms. The molecule has 0 spiro atoms. The van der Waals surface area contributed by atoms with Crippen LogP contribution in [0.1, 0.15) is 329 Å². The molecule has 0 aromatic rings. The lowest BCUT2D eigenvalue weighted by Crippen LogP contribution is -2.30. The normalized spacial score (nSPS) is 13.4. The summed E-state index contributed by atoms with van der Waals surface area (Å²) in [5.41, 5.74) is 0. The van der Waals surface area contributed by atoms with Crippen molar-refractivity contribution in [3.8, 4) is 0 Å². The van der Waals surface area contributed by atoms with Crippen LogP contribution in [0.3, 0.4) is 0 Å². The molecule has 3 unspecified atom stereocenters. The van der Waals surface area contributed by atoms with Crippen LogP contribution < -0.4 is 0 Å². The zero-order valence-electron chi connectivity index (χ0n) is 50.9. The minimum absolute atomic E-state index is 0.170. The molecule has 0 saturated carbocycles. The van der Waals surface area contributed by atoms with E-state index >= 15 is 0 Å². The summed E-state index contributed by atoms with van der Waals surface area (Å²) in [6.45, 7) is 4.66. The first-order valence-corrected chi connectivity index (χ1v) is 34.4. The lowest BCUT2D eigenvalue weighted by Gasteiger charge is -2.21. The van der Waals surface area contributed by atoms with Crippen molar-refractivity contribution in [2.24, 2.45) is 0 Å². The van der Waals surface area contributed by atoms with Gasteiger partial charge in [-0.25, -0.2) is 4.57 Å². The van der Waals surface area contributed by atoms with Crippen LogP contribution in [0.15, 0.2) is 36.5 Å². The molecule has 0 radical (unpaired) electrons. The van der Waals surface area contributed by atoms with Crippen LogP contribution in [0, 0.1) is 0 Å². The van der Waals surface area contributed by atoms with E-state index in [4.69, 9.17) is 23.3 Å². The number of hydrogen-bond donors (Lipinski definition) is 2. The van der Waals surface area contributed by atoms with Crippen molar-refractivity contribution in [2.45, 2.75) is 341 Å². The molecule has 0 saturated heterocycles. The molecule has 458 valence electrons. The van der Waals surface area contributed by atoms with E-state index in [1.54, 1.807) is 0 Å². The van der Waals surface area contributed by atoms with Crippen molar-refractivity contribution in [1.82, 2.24) is 0 Å². The van der Waals surface area contributed by atoms with Gasteiger partial charge in [0.15, 0.2) is 6.10 Å². The molecule has 2 N–H and O–H groups in total. The Kier molecular flexibility index (Phi) is 59.0. The largest absolute Gasteiger partial charge is 0.472 e. The number of esters is 3. The molecule has 0 aromatic carbocycles. The number of aliphatic hydroxyl groups is 1. The summed E-state index contributed by atoms with van der Waals surface area (Å²) in [6, 6.07) is 0. The van der Waals surface area contributed by atoms with E-state index in [-0.39, 0.29) is 25.9 Å². The van der Waals surface area contributed by atoms with Gasteiger partial charge in [-0.15, -0.1) is 0 Å². The molecule has 0 heterocycles. The number of phosphoric ester groups is 1. The van der Waals surface area contributed by atoms with Crippen LogP contribution in [0.5, 0.6) is 0 Å². The topological polar surface area (TPSA) is 155 Å². The summed E-state index contributed by atoms with van der Waals surface area (Å²) in [5, 5.41) is 9.84. The van der Waals surface area contributed by atoms with E-state index in [2.05, 4.69) is 57.2 Å². The van der Waals surface area contributed by atoms with E-state index < -0.39 is 57.8 Å². The van der Waals surface area contributed by atoms with Gasteiger partial charge in [0.25, 0.3) is 0 Å². The smallest absolute Gasteiger partial charge is 0.462 e. The fourth-order valence-corrected chi connectivity index (χ4v) is 10.3. The summed E-state index contributed by atoms with van der Waals surface area (Å²) in [5.74, 6) is -1.45. The molecular weight excluding hydrogens is 1000 g/mol. The molecule has 3 atom stereocenters. The molecule has 0 fully saturated rings. The van der Waals surface area contributed by atoms with Crippen molar-refractivity contribution in [1.29, 1.82) is 0 Å². The molecule has 12 heteroatoms. The lowest BCUT2D eigenvalue weighted by molar-refractivity contribution is -0.161. The van der Waals surface area contributed by atoms with Gasteiger partial charge in [0, 0.05) is 19.3 Å². The van der Waals surface area contributed by atoms with Gasteiger partial charge >= 0.3 is 25.7 Å². The second kappa shape index (κ2) is 60.8. The predicted molar refractivity (Wildman–Crippen MR) is 326 cm³/mol. The van der Waals surface area contributed by atoms with Crippen LogP contribution in [0.25, 0.3) is 0 Å². The van der Waals surface area contributed by atoms with Crippen molar-refractivity contribution < 1.29 is 52.2 Å². The van der Waals surface area contributed by atoms with E-state index in [0.717, 1.165) is 89.9 Å². The molecule has 0 aliphatic rings. The summed E-state index contributed by atoms with van der Waals surface area (Å²) >= 11 is 0. The second-order valence-corrected chi connectivity index (χ2v) is 23.7. The average molecular weight is 1120 g/mol. The number of aliphatic hydroxyl groups excluding tert-OH is 1. The molecule has 0 rings (SSSR count). The first-order valence-electron chi connectivity index (χ1n) is 32.9. The van der Waals surface area contributed by atoms with Crippen molar-refractivity contribution in [3.63, 3.8) is 0 Å². The fraction of sp³-hybridized carbons (Fsp3) is 0.864. The van der Waals surface area contributed by atoms with Crippen molar-refractivity contribution in [3.05, 3.63) is 36.5 Å². The SMILES string of the molecule is CCCCC/C=C\C/C=C\CCCCCCCCCCCC(=O)OCC(COP(=O)(O)OCC(CO)OC(=O)CCCCCCC/C=C\CCCCCC)OC(=O)CCCCCCCCCCCCCCCCCCCCC. The Bertz CT molecular complexity index is 1450. The number of hydrogen-bond acceptors (Lipinski definition) is 10. The Morgan fingerprint density at radius 2 is 0.628 bits per heavy atom. The van der Waals surface area contributed by atoms with Crippen LogP contribution in [0.4, 0.5) is 0 Å². The maximum absolute atomic E-state index is 13.0. The molecule has 78 heavy (non-hydrogen) atoms. The van der Waals surface area contributed by atoms with Gasteiger partial charge in [0.1, 0.15) is 12.7 Å². The number of carbonyl (C=O) groups is 3. The average Bonchev–Trinajstić information content (AvgIpc) is 3.43. The van der Waals surface area contributed by atoms with Crippen LogP contribution in [-0.4, -0.2) is 66.5 Å². The number of allylic oxidation sites excluding steroid dienone is 6. The van der Waals surface area contributed by atoms with E-state index in [0.29, 0.717) is 19.3 Å². The number of carbonyl (C=O) groups excluding carboxylic acids is 3. The molecule has 11 nitrogen and oxygen atoms in total. The quantitative estimate of drug-likeness (QED) is 0.0197. The van der Waals surface area contributed by atoms with Gasteiger partial charge in [-0.05, 0) is 77.0 Å². The maximum atomic E-state index is 13.0. The monoisotopic (exact) mass is 1120 g/mol. The van der Waals surface area contributed by atoms with Crippen molar-refractivity contribution >= 4 is 25.7 Å². The molecule has 0 amide bonds. The number of unbranched alkanes of at least 4 members (excludes halogenated alkanes) is 39. The van der Waals surface area contributed by atoms with Gasteiger partial charge in [-0.2, -0.15) is 0 Å². The highest BCUT2D eigenvalue weighted by atomic mass is 31.2. The molecule has 0 aromatic heterocycles.